The molecule has 80 valence electrons. The minimum absolute atomic E-state index is 0.134. The van der Waals surface area contributed by atoms with Crippen LogP contribution in [-0.4, -0.2) is 43.1 Å². The summed E-state index contributed by atoms with van der Waals surface area (Å²) in [6.07, 6.45) is 1.70. The minimum Gasteiger partial charge on any atom is -0.381 e. The van der Waals surface area contributed by atoms with E-state index in [1.165, 1.54) is 4.90 Å². The smallest absolute Gasteiger partial charge is 0.324 e. The molecule has 1 heterocycles. The second-order valence-corrected chi connectivity index (χ2v) is 3.17. The van der Waals surface area contributed by atoms with Crippen LogP contribution >= 0.6 is 0 Å². The Morgan fingerprint density at radius 3 is 2.79 bits per heavy atom. The molecule has 1 aliphatic heterocycles. The Morgan fingerprint density at radius 2 is 2.21 bits per heavy atom. The summed E-state index contributed by atoms with van der Waals surface area (Å²) in [7, 11) is 0. The molecule has 5 heteroatoms. The first-order valence-electron chi connectivity index (χ1n) is 4.91. The highest BCUT2D eigenvalue weighted by Gasteiger charge is 2.27. The number of carbonyl (C=O) groups is 2. The van der Waals surface area contributed by atoms with E-state index in [2.05, 4.69) is 5.32 Å². The van der Waals surface area contributed by atoms with Gasteiger partial charge in [-0.3, -0.25) is 9.69 Å². The Hall–Kier alpha value is -1.10. The monoisotopic (exact) mass is 200 g/mol. The predicted octanol–water partition coefficient (Wildman–Crippen LogP) is 0.355. The molecule has 1 N–H and O–H groups in total. The Kier molecular flexibility index (Phi) is 4.39. The van der Waals surface area contributed by atoms with E-state index in [1.54, 1.807) is 0 Å². The maximum atomic E-state index is 11.1. The number of urea groups is 1. The molecular formula is C9H16N2O3. The van der Waals surface area contributed by atoms with Crippen LogP contribution in [0.5, 0.6) is 0 Å². The minimum atomic E-state index is -0.287. The molecule has 0 aromatic rings. The third-order valence-corrected chi connectivity index (χ3v) is 1.96. The van der Waals surface area contributed by atoms with Crippen molar-refractivity contribution in [3.05, 3.63) is 0 Å². The van der Waals surface area contributed by atoms with E-state index in [4.69, 9.17) is 4.74 Å². The lowest BCUT2D eigenvalue weighted by Crippen LogP contribution is -2.32. The number of nitrogens with zero attached hydrogens (tertiary/aromatic N) is 1. The fourth-order valence-corrected chi connectivity index (χ4v) is 1.25. The molecule has 0 bridgehead atoms. The highest BCUT2D eigenvalue weighted by molar-refractivity contribution is 6.01. The second kappa shape index (κ2) is 5.59. The van der Waals surface area contributed by atoms with E-state index in [-0.39, 0.29) is 18.5 Å². The van der Waals surface area contributed by atoms with Gasteiger partial charge < -0.3 is 10.1 Å². The average Bonchev–Trinajstić information content (AvgIpc) is 2.48. The number of rotatable bonds is 6. The van der Waals surface area contributed by atoms with Crippen molar-refractivity contribution in [1.29, 1.82) is 0 Å². The summed E-state index contributed by atoms with van der Waals surface area (Å²) in [5, 5.41) is 2.47. The quantitative estimate of drug-likeness (QED) is 0.497. The van der Waals surface area contributed by atoms with Crippen molar-refractivity contribution in [2.75, 3.05) is 26.3 Å². The summed E-state index contributed by atoms with van der Waals surface area (Å²) in [5.74, 6) is -0.148. The highest BCUT2D eigenvalue weighted by atomic mass is 16.5. The lowest BCUT2D eigenvalue weighted by molar-refractivity contribution is -0.125. The van der Waals surface area contributed by atoms with E-state index in [9.17, 15) is 9.59 Å². The van der Waals surface area contributed by atoms with Crippen molar-refractivity contribution in [3.8, 4) is 0 Å². The van der Waals surface area contributed by atoms with Crippen LogP contribution in [-0.2, 0) is 9.53 Å². The van der Waals surface area contributed by atoms with E-state index in [0.717, 1.165) is 13.0 Å². The fraction of sp³-hybridized carbons (Fsp3) is 0.778. The van der Waals surface area contributed by atoms with Gasteiger partial charge in [0.15, 0.2) is 0 Å². The normalized spacial score (nSPS) is 16.2. The van der Waals surface area contributed by atoms with Crippen LogP contribution in [0.2, 0.25) is 0 Å². The maximum absolute atomic E-state index is 11.1. The Bertz CT molecular complexity index is 202. The van der Waals surface area contributed by atoms with Gasteiger partial charge >= 0.3 is 6.03 Å². The van der Waals surface area contributed by atoms with Gasteiger partial charge in [0, 0.05) is 19.8 Å². The first-order valence-corrected chi connectivity index (χ1v) is 4.91. The van der Waals surface area contributed by atoms with Crippen LogP contribution in [0, 0.1) is 0 Å². The zero-order chi connectivity index (χ0) is 10.4. The zero-order valence-electron chi connectivity index (χ0n) is 8.41. The number of imide groups is 1. The molecule has 0 aliphatic carbocycles. The van der Waals surface area contributed by atoms with E-state index in [1.807, 2.05) is 6.92 Å². The summed E-state index contributed by atoms with van der Waals surface area (Å²) >= 11 is 0. The van der Waals surface area contributed by atoms with Crippen LogP contribution in [0.25, 0.3) is 0 Å². The van der Waals surface area contributed by atoms with Gasteiger partial charge in [0.05, 0.1) is 6.54 Å². The van der Waals surface area contributed by atoms with Crippen molar-refractivity contribution in [2.45, 2.75) is 19.8 Å². The van der Waals surface area contributed by atoms with Gasteiger partial charge in [0.2, 0.25) is 5.91 Å². The molecule has 14 heavy (non-hydrogen) atoms. The van der Waals surface area contributed by atoms with Crippen LogP contribution in [0.15, 0.2) is 0 Å². The van der Waals surface area contributed by atoms with Gasteiger partial charge in [0.1, 0.15) is 0 Å². The lowest BCUT2D eigenvalue weighted by atomic mass is 10.4. The van der Waals surface area contributed by atoms with E-state index >= 15 is 0 Å². The van der Waals surface area contributed by atoms with Crippen LogP contribution in [0.3, 0.4) is 0 Å². The van der Waals surface area contributed by atoms with Gasteiger partial charge in [-0.1, -0.05) is 6.92 Å². The van der Waals surface area contributed by atoms with Crippen LogP contribution < -0.4 is 5.32 Å². The lowest BCUT2D eigenvalue weighted by Gasteiger charge is -2.11. The summed E-state index contributed by atoms with van der Waals surface area (Å²) in [6.45, 7) is 3.96. The largest absolute Gasteiger partial charge is 0.381 e. The molecule has 3 amide bonds. The third kappa shape index (κ3) is 2.99. The molecule has 0 spiro atoms. The zero-order valence-corrected chi connectivity index (χ0v) is 8.41. The van der Waals surface area contributed by atoms with Crippen molar-refractivity contribution in [3.63, 3.8) is 0 Å². The SMILES string of the molecule is CCCOCCCN1C(=O)CNC1=O. The van der Waals surface area contributed by atoms with E-state index < -0.39 is 0 Å². The second-order valence-electron chi connectivity index (χ2n) is 3.17. The molecule has 0 unspecified atom stereocenters. The summed E-state index contributed by atoms with van der Waals surface area (Å²) in [6, 6.07) is -0.287. The topological polar surface area (TPSA) is 58.6 Å². The van der Waals surface area contributed by atoms with Gasteiger partial charge in [-0.15, -0.1) is 0 Å². The molecule has 5 nitrogen and oxygen atoms in total. The molecule has 0 saturated carbocycles. The number of hydrogen-bond donors (Lipinski definition) is 1. The van der Waals surface area contributed by atoms with Gasteiger partial charge in [0.25, 0.3) is 0 Å². The number of hydrogen-bond acceptors (Lipinski definition) is 3. The predicted molar refractivity (Wildman–Crippen MR) is 50.8 cm³/mol. The molecule has 0 aromatic heterocycles. The Morgan fingerprint density at radius 1 is 1.43 bits per heavy atom. The van der Waals surface area contributed by atoms with Gasteiger partial charge in [-0.25, -0.2) is 4.79 Å². The summed E-state index contributed by atoms with van der Waals surface area (Å²) in [4.78, 5) is 23.4. The molecule has 0 radical (unpaired) electrons. The molecule has 0 atom stereocenters. The van der Waals surface area contributed by atoms with E-state index in [0.29, 0.717) is 19.6 Å². The number of carbonyl (C=O) groups excluding carboxylic acids is 2. The summed E-state index contributed by atoms with van der Waals surface area (Å²) in [5.41, 5.74) is 0. The van der Waals surface area contributed by atoms with Crippen molar-refractivity contribution < 1.29 is 14.3 Å². The van der Waals surface area contributed by atoms with Crippen molar-refractivity contribution >= 4 is 11.9 Å². The maximum Gasteiger partial charge on any atom is 0.324 e. The number of amides is 3. The fourth-order valence-electron chi connectivity index (χ4n) is 1.25. The molecule has 0 aromatic carbocycles. The Balaban J connectivity index is 2.11. The molecular weight excluding hydrogens is 184 g/mol. The standard InChI is InChI=1S/C9H16N2O3/c1-2-5-14-6-3-4-11-8(12)7-10-9(11)13/h2-7H2,1H3,(H,10,13). The van der Waals surface area contributed by atoms with Gasteiger partial charge in [-0.05, 0) is 12.8 Å². The van der Waals surface area contributed by atoms with Crippen LogP contribution in [0.1, 0.15) is 19.8 Å². The average molecular weight is 200 g/mol. The first-order chi connectivity index (χ1) is 6.75. The molecule has 1 rings (SSSR count). The van der Waals surface area contributed by atoms with Gasteiger partial charge in [-0.2, -0.15) is 0 Å². The molecule has 1 fully saturated rings. The number of nitrogens with one attached hydrogen (secondary N) is 1. The summed E-state index contributed by atoms with van der Waals surface area (Å²) < 4.78 is 5.24. The Labute approximate surface area is 83.4 Å². The third-order valence-electron chi connectivity index (χ3n) is 1.96. The highest BCUT2D eigenvalue weighted by Crippen LogP contribution is 2.00. The number of ether oxygens (including phenoxy) is 1. The molecule has 1 saturated heterocycles. The van der Waals surface area contributed by atoms with Crippen LogP contribution in [0.4, 0.5) is 4.79 Å². The molecule has 1 aliphatic rings. The van der Waals surface area contributed by atoms with Crippen molar-refractivity contribution in [1.82, 2.24) is 10.2 Å². The van der Waals surface area contributed by atoms with Crippen molar-refractivity contribution in [2.24, 2.45) is 0 Å². The first kappa shape index (κ1) is 11.0.